The molecule has 1 aliphatic rings. The standard InChI is InChI=1S/C17H17NOS/c18-12-15-7-3-4-8-17(15)20(19)16-10-9-13-5-1-2-6-14(13)11-16/h1-2,5-6,9-11,15,17H,3-4,7-8H2. The van der Waals surface area contributed by atoms with Crippen LogP contribution in [0.15, 0.2) is 47.4 Å². The van der Waals surface area contributed by atoms with Crippen LogP contribution in [0.1, 0.15) is 25.7 Å². The predicted molar refractivity (Wildman–Crippen MR) is 81.7 cm³/mol. The number of nitriles is 1. The molecule has 2 nitrogen and oxygen atoms in total. The van der Waals surface area contributed by atoms with Crippen molar-refractivity contribution in [2.75, 3.05) is 0 Å². The maximum atomic E-state index is 12.8. The Hall–Kier alpha value is -1.66. The Balaban J connectivity index is 1.93. The molecular formula is C17H17NOS. The molecule has 0 aliphatic heterocycles. The first-order chi connectivity index (χ1) is 9.79. The molecule has 0 spiro atoms. The molecule has 0 aromatic heterocycles. The molecule has 0 saturated heterocycles. The van der Waals surface area contributed by atoms with Gasteiger partial charge in [0.1, 0.15) is 0 Å². The summed E-state index contributed by atoms with van der Waals surface area (Å²) in [5, 5.41) is 11.5. The summed E-state index contributed by atoms with van der Waals surface area (Å²) in [6.07, 6.45) is 3.96. The summed E-state index contributed by atoms with van der Waals surface area (Å²) in [6, 6.07) is 16.4. The number of benzene rings is 2. The molecule has 0 heterocycles. The van der Waals surface area contributed by atoms with Gasteiger partial charge in [-0.05, 0) is 35.7 Å². The Morgan fingerprint density at radius 1 is 1.05 bits per heavy atom. The Morgan fingerprint density at radius 2 is 1.80 bits per heavy atom. The summed E-state index contributed by atoms with van der Waals surface area (Å²) in [5.74, 6) is -0.0592. The van der Waals surface area contributed by atoms with Gasteiger partial charge >= 0.3 is 0 Å². The predicted octanol–water partition coefficient (Wildman–Crippen LogP) is 4.03. The molecule has 3 rings (SSSR count). The van der Waals surface area contributed by atoms with Crippen LogP contribution in [0.5, 0.6) is 0 Å². The maximum Gasteiger partial charge on any atom is 0.0668 e. The van der Waals surface area contributed by atoms with Gasteiger partial charge in [-0.2, -0.15) is 5.26 Å². The van der Waals surface area contributed by atoms with Crippen LogP contribution in [-0.4, -0.2) is 9.46 Å². The van der Waals surface area contributed by atoms with E-state index in [1.54, 1.807) is 0 Å². The molecule has 0 amide bonds. The number of nitrogens with zero attached hydrogens (tertiary/aromatic N) is 1. The number of rotatable bonds is 2. The zero-order valence-corrected chi connectivity index (χ0v) is 12.1. The highest BCUT2D eigenvalue weighted by atomic mass is 32.2. The van der Waals surface area contributed by atoms with Crippen LogP contribution < -0.4 is 0 Å². The van der Waals surface area contributed by atoms with Crippen molar-refractivity contribution < 1.29 is 4.21 Å². The van der Waals surface area contributed by atoms with E-state index in [4.69, 9.17) is 0 Å². The van der Waals surface area contributed by atoms with Crippen LogP contribution in [0.2, 0.25) is 0 Å². The van der Waals surface area contributed by atoms with Gasteiger partial charge in [-0.25, -0.2) is 0 Å². The van der Waals surface area contributed by atoms with E-state index in [1.165, 1.54) is 0 Å². The summed E-state index contributed by atoms with van der Waals surface area (Å²) < 4.78 is 12.8. The van der Waals surface area contributed by atoms with Crippen molar-refractivity contribution in [3.63, 3.8) is 0 Å². The molecule has 3 heteroatoms. The lowest BCUT2D eigenvalue weighted by atomic mass is 9.90. The molecule has 20 heavy (non-hydrogen) atoms. The third-order valence-corrected chi connectivity index (χ3v) is 5.93. The highest BCUT2D eigenvalue weighted by molar-refractivity contribution is 7.85. The first-order valence-electron chi connectivity index (χ1n) is 7.08. The van der Waals surface area contributed by atoms with Gasteiger partial charge in [-0.1, -0.05) is 43.2 Å². The van der Waals surface area contributed by atoms with Crippen molar-refractivity contribution in [2.24, 2.45) is 5.92 Å². The van der Waals surface area contributed by atoms with Gasteiger partial charge in [-0.15, -0.1) is 0 Å². The van der Waals surface area contributed by atoms with Crippen LogP contribution >= 0.6 is 0 Å². The van der Waals surface area contributed by atoms with Crippen LogP contribution in [0, 0.1) is 17.2 Å². The highest BCUT2D eigenvalue weighted by Gasteiger charge is 2.30. The van der Waals surface area contributed by atoms with E-state index in [2.05, 4.69) is 12.1 Å². The van der Waals surface area contributed by atoms with Gasteiger partial charge in [0.05, 0.1) is 28.0 Å². The van der Waals surface area contributed by atoms with Crippen molar-refractivity contribution in [3.05, 3.63) is 42.5 Å². The van der Waals surface area contributed by atoms with E-state index in [9.17, 15) is 9.47 Å². The second-order valence-corrected chi connectivity index (χ2v) is 7.04. The first kappa shape index (κ1) is 13.3. The average molecular weight is 283 g/mol. The quantitative estimate of drug-likeness (QED) is 0.835. The minimum atomic E-state index is -1.08. The van der Waals surface area contributed by atoms with Crippen LogP contribution in [0.25, 0.3) is 10.8 Å². The van der Waals surface area contributed by atoms with E-state index in [1.807, 2.05) is 36.4 Å². The summed E-state index contributed by atoms with van der Waals surface area (Å²) in [4.78, 5) is 0.857. The smallest absolute Gasteiger partial charge is 0.0668 e. The highest BCUT2D eigenvalue weighted by Crippen LogP contribution is 2.31. The van der Waals surface area contributed by atoms with Crippen molar-refractivity contribution in [1.82, 2.24) is 0 Å². The lowest BCUT2D eigenvalue weighted by Crippen LogP contribution is -2.28. The fraction of sp³-hybridized carbons (Fsp3) is 0.353. The number of fused-ring (bicyclic) bond motifs is 1. The van der Waals surface area contributed by atoms with Crippen molar-refractivity contribution >= 4 is 21.6 Å². The van der Waals surface area contributed by atoms with E-state index < -0.39 is 10.8 Å². The molecule has 1 fully saturated rings. The molecule has 3 unspecified atom stereocenters. The topological polar surface area (TPSA) is 40.9 Å². The zero-order chi connectivity index (χ0) is 13.9. The molecule has 1 aliphatic carbocycles. The van der Waals surface area contributed by atoms with E-state index in [0.29, 0.717) is 0 Å². The molecule has 3 atom stereocenters. The van der Waals surface area contributed by atoms with Gasteiger partial charge in [0, 0.05) is 4.90 Å². The molecule has 102 valence electrons. The summed E-state index contributed by atoms with van der Waals surface area (Å²) in [6.45, 7) is 0. The summed E-state index contributed by atoms with van der Waals surface area (Å²) in [5.41, 5.74) is 0. The second-order valence-electron chi connectivity index (χ2n) is 5.36. The molecule has 0 radical (unpaired) electrons. The maximum absolute atomic E-state index is 12.8. The van der Waals surface area contributed by atoms with Crippen LogP contribution in [0.4, 0.5) is 0 Å². The third-order valence-electron chi connectivity index (χ3n) is 4.10. The van der Waals surface area contributed by atoms with E-state index in [-0.39, 0.29) is 11.2 Å². The summed E-state index contributed by atoms with van der Waals surface area (Å²) >= 11 is 0. The van der Waals surface area contributed by atoms with E-state index >= 15 is 0 Å². The molecular weight excluding hydrogens is 266 g/mol. The minimum absolute atomic E-state index is 0.00471. The van der Waals surface area contributed by atoms with Crippen molar-refractivity contribution in [3.8, 4) is 6.07 Å². The van der Waals surface area contributed by atoms with Gasteiger partial charge in [-0.3, -0.25) is 4.21 Å². The largest absolute Gasteiger partial charge is 0.254 e. The fourth-order valence-electron chi connectivity index (χ4n) is 2.97. The molecule has 2 aromatic carbocycles. The lowest BCUT2D eigenvalue weighted by Gasteiger charge is -2.26. The van der Waals surface area contributed by atoms with Crippen molar-refractivity contribution in [1.29, 1.82) is 5.26 Å². The van der Waals surface area contributed by atoms with Crippen LogP contribution in [-0.2, 0) is 10.8 Å². The SMILES string of the molecule is N#CC1CCCCC1S(=O)c1ccc2ccccc2c1. The van der Waals surface area contributed by atoms with Gasteiger partial charge in [0.25, 0.3) is 0 Å². The molecule has 0 N–H and O–H groups in total. The Bertz CT molecular complexity index is 689. The number of hydrogen-bond donors (Lipinski definition) is 0. The van der Waals surface area contributed by atoms with Gasteiger partial charge in [0.2, 0.25) is 0 Å². The minimum Gasteiger partial charge on any atom is -0.254 e. The zero-order valence-electron chi connectivity index (χ0n) is 11.3. The van der Waals surface area contributed by atoms with Crippen LogP contribution in [0.3, 0.4) is 0 Å². The first-order valence-corrected chi connectivity index (χ1v) is 8.30. The average Bonchev–Trinajstić information content (AvgIpc) is 2.53. The second kappa shape index (κ2) is 5.76. The molecule has 2 aromatic rings. The molecule has 0 bridgehead atoms. The lowest BCUT2D eigenvalue weighted by molar-refractivity contribution is 0.431. The van der Waals surface area contributed by atoms with Crippen molar-refractivity contribution in [2.45, 2.75) is 35.8 Å². The van der Waals surface area contributed by atoms with E-state index in [0.717, 1.165) is 41.4 Å². The van der Waals surface area contributed by atoms with Gasteiger partial charge < -0.3 is 0 Å². The van der Waals surface area contributed by atoms with Gasteiger partial charge in [0.15, 0.2) is 0 Å². The normalized spacial score (nSPS) is 24.1. The molecule has 1 saturated carbocycles. The summed E-state index contributed by atoms with van der Waals surface area (Å²) in [7, 11) is -1.08. The fourth-order valence-corrected chi connectivity index (χ4v) is 4.64. The Labute approximate surface area is 121 Å². The monoisotopic (exact) mass is 283 g/mol. The Kier molecular flexibility index (Phi) is 3.84. The number of hydrogen-bond acceptors (Lipinski definition) is 2. The third kappa shape index (κ3) is 2.48. The Morgan fingerprint density at radius 3 is 2.60 bits per heavy atom.